The number of rotatable bonds is 9. The second kappa shape index (κ2) is 10.2. The summed E-state index contributed by atoms with van der Waals surface area (Å²) in [4.78, 5) is 13.1. The highest BCUT2D eigenvalue weighted by molar-refractivity contribution is 5.76. The van der Waals surface area contributed by atoms with Crippen molar-refractivity contribution in [2.24, 2.45) is 0 Å². The summed E-state index contributed by atoms with van der Waals surface area (Å²) < 4.78 is 5.29. The number of hydrogen-bond acceptors (Lipinski definition) is 3. The molecule has 0 heterocycles. The van der Waals surface area contributed by atoms with Crippen LogP contribution in [0.2, 0.25) is 0 Å². The monoisotopic (exact) mass is 268 g/mol. The predicted octanol–water partition coefficient (Wildman–Crippen LogP) is 2.02. The van der Waals surface area contributed by atoms with Gasteiger partial charge in [0.15, 0.2) is 0 Å². The van der Waals surface area contributed by atoms with Gasteiger partial charge in [-0.3, -0.25) is 4.90 Å². The van der Waals surface area contributed by atoms with Gasteiger partial charge in [0, 0.05) is 25.9 Å². The van der Waals surface area contributed by atoms with E-state index in [1.807, 2.05) is 6.92 Å². The Bertz CT molecular complexity index is 338. The van der Waals surface area contributed by atoms with Gasteiger partial charge >= 0.3 is 6.03 Å². The Morgan fingerprint density at radius 1 is 1.42 bits per heavy atom. The van der Waals surface area contributed by atoms with Crippen LogP contribution >= 0.6 is 0 Å². The maximum absolute atomic E-state index is 11.7. The Balaban J connectivity index is 4.14. The summed E-state index contributed by atoms with van der Waals surface area (Å²) in [5.41, 5.74) is 0.530. The molecule has 0 aromatic heterocycles. The Morgan fingerprint density at radius 2 is 2.11 bits per heavy atom. The van der Waals surface area contributed by atoms with E-state index >= 15 is 0 Å². The summed E-state index contributed by atoms with van der Waals surface area (Å²) in [6.07, 6.45) is 4.80. The normalized spacial score (nSPS) is 10.3. The van der Waals surface area contributed by atoms with Crippen molar-refractivity contribution >= 4 is 6.03 Å². The van der Waals surface area contributed by atoms with Gasteiger partial charge in [0.05, 0.1) is 6.61 Å². The molecule has 2 amide bonds. The van der Waals surface area contributed by atoms with Crippen LogP contribution in [0.15, 0.2) is 36.8 Å². The van der Waals surface area contributed by atoms with Crippen LogP contribution in [0.3, 0.4) is 0 Å². The molecule has 19 heavy (non-hydrogen) atoms. The number of nitrogens with zero attached hydrogens (tertiary/aromatic N) is 1. The minimum atomic E-state index is -0.261. The molecule has 2 N–H and O–H groups in total. The molecule has 0 fully saturated rings. The first-order valence-corrected chi connectivity index (χ1v) is 6.34. The maximum atomic E-state index is 11.7. The van der Waals surface area contributed by atoms with Gasteiger partial charge in [-0.25, -0.2) is 4.79 Å². The van der Waals surface area contributed by atoms with Gasteiger partial charge in [0.25, 0.3) is 0 Å². The van der Waals surface area contributed by atoms with Gasteiger partial charge < -0.3 is 15.2 Å². The topological polar surface area (TPSA) is 61.8 Å². The van der Waals surface area contributed by atoms with E-state index in [0.29, 0.717) is 31.0 Å². The lowest BCUT2D eigenvalue weighted by atomic mass is 10.3. The number of nitrogens with one attached hydrogen (secondary N) is 1. The number of hydrogen-bond donors (Lipinski definition) is 2. The largest absolute Gasteiger partial charge is 0.494 e. The standard InChI is InChI=1S/C14H24N2O3/c1-5-11-19-13(3)8-7-12(2)16(4)14(18)15-9-6-10-17/h7-8,17H,2-3,5-6,9-11H2,1,4H3,(H,15,18)/b8-7-. The Labute approximate surface area is 115 Å². The third kappa shape index (κ3) is 8.05. The van der Waals surface area contributed by atoms with Crippen molar-refractivity contribution in [3.63, 3.8) is 0 Å². The molecule has 0 saturated heterocycles. The van der Waals surface area contributed by atoms with Crippen LogP contribution in [0.4, 0.5) is 4.79 Å². The second-order valence-electron chi connectivity index (χ2n) is 4.01. The van der Waals surface area contributed by atoms with Crippen molar-refractivity contribution in [2.75, 3.05) is 26.8 Å². The van der Waals surface area contributed by atoms with E-state index in [1.54, 1.807) is 19.2 Å². The van der Waals surface area contributed by atoms with Crippen LogP contribution in [-0.2, 0) is 4.74 Å². The zero-order chi connectivity index (χ0) is 14.7. The zero-order valence-corrected chi connectivity index (χ0v) is 11.8. The molecule has 108 valence electrons. The number of likely N-dealkylation sites (N-methyl/N-ethyl adjacent to an activating group) is 1. The lowest BCUT2D eigenvalue weighted by Crippen LogP contribution is -2.36. The van der Waals surface area contributed by atoms with E-state index in [-0.39, 0.29) is 12.6 Å². The number of urea groups is 1. The summed E-state index contributed by atoms with van der Waals surface area (Å²) in [5, 5.41) is 11.3. The van der Waals surface area contributed by atoms with Crippen LogP contribution in [0.5, 0.6) is 0 Å². The third-order valence-corrected chi connectivity index (χ3v) is 2.30. The lowest BCUT2D eigenvalue weighted by molar-refractivity contribution is 0.217. The molecule has 0 aliphatic rings. The molecular formula is C14H24N2O3. The molecule has 5 nitrogen and oxygen atoms in total. The first-order valence-electron chi connectivity index (χ1n) is 6.34. The highest BCUT2D eigenvalue weighted by Gasteiger charge is 2.08. The molecule has 0 aliphatic heterocycles. The predicted molar refractivity (Wildman–Crippen MR) is 76.5 cm³/mol. The summed E-state index contributed by atoms with van der Waals surface area (Å²) in [5.74, 6) is 0.539. The van der Waals surface area contributed by atoms with Gasteiger partial charge in [-0.15, -0.1) is 0 Å². The molecule has 0 spiro atoms. The van der Waals surface area contributed by atoms with Gasteiger partial charge in [0.2, 0.25) is 0 Å². The first-order chi connectivity index (χ1) is 9.02. The van der Waals surface area contributed by atoms with Gasteiger partial charge in [-0.2, -0.15) is 0 Å². The van der Waals surface area contributed by atoms with Crippen molar-refractivity contribution in [3.05, 3.63) is 36.8 Å². The maximum Gasteiger partial charge on any atom is 0.321 e. The average Bonchev–Trinajstić information content (AvgIpc) is 2.41. The Kier molecular flexibility index (Phi) is 9.26. The molecule has 0 aromatic carbocycles. The number of carbonyl (C=O) groups is 1. The average molecular weight is 268 g/mol. The fourth-order valence-corrected chi connectivity index (χ4v) is 1.11. The second-order valence-corrected chi connectivity index (χ2v) is 4.01. The van der Waals surface area contributed by atoms with E-state index < -0.39 is 0 Å². The van der Waals surface area contributed by atoms with Crippen LogP contribution in [0.25, 0.3) is 0 Å². The van der Waals surface area contributed by atoms with Crippen molar-refractivity contribution in [3.8, 4) is 0 Å². The van der Waals surface area contributed by atoms with E-state index in [2.05, 4.69) is 18.5 Å². The van der Waals surface area contributed by atoms with Crippen molar-refractivity contribution in [1.82, 2.24) is 10.2 Å². The number of allylic oxidation sites excluding steroid dienone is 2. The minimum absolute atomic E-state index is 0.0550. The smallest absolute Gasteiger partial charge is 0.321 e. The van der Waals surface area contributed by atoms with Gasteiger partial charge in [-0.05, 0) is 25.0 Å². The summed E-state index contributed by atoms with van der Waals surface area (Å²) in [6.45, 7) is 10.6. The molecule has 0 atom stereocenters. The molecule has 0 bridgehead atoms. The summed E-state index contributed by atoms with van der Waals surface area (Å²) in [7, 11) is 1.62. The molecule has 0 saturated carbocycles. The molecule has 5 heteroatoms. The molecule has 0 aliphatic carbocycles. The van der Waals surface area contributed by atoms with E-state index in [4.69, 9.17) is 9.84 Å². The first kappa shape index (κ1) is 17.2. The van der Waals surface area contributed by atoms with Crippen LogP contribution in [-0.4, -0.2) is 42.8 Å². The van der Waals surface area contributed by atoms with E-state index in [1.165, 1.54) is 4.90 Å². The van der Waals surface area contributed by atoms with Crippen LogP contribution in [0, 0.1) is 0 Å². The van der Waals surface area contributed by atoms with Crippen LogP contribution < -0.4 is 5.32 Å². The fraction of sp³-hybridized carbons (Fsp3) is 0.500. The molecular weight excluding hydrogens is 244 g/mol. The van der Waals surface area contributed by atoms with Gasteiger partial charge in [-0.1, -0.05) is 20.1 Å². The lowest BCUT2D eigenvalue weighted by Gasteiger charge is -2.18. The number of carbonyl (C=O) groups excluding carboxylic acids is 1. The molecule has 0 aromatic rings. The highest BCUT2D eigenvalue weighted by Crippen LogP contribution is 2.04. The van der Waals surface area contributed by atoms with Crippen molar-refractivity contribution in [1.29, 1.82) is 0 Å². The third-order valence-electron chi connectivity index (χ3n) is 2.30. The van der Waals surface area contributed by atoms with Gasteiger partial charge in [0.1, 0.15) is 5.76 Å². The minimum Gasteiger partial charge on any atom is -0.494 e. The number of ether oxygens (including phenoxy) is 1. The van der Waals surface area contributed by atoms with E-state index in [9.17, 15) is 4.79 Å². The molecule has 0 rings (SSSR count). The van der Waals surface area contributed by atoms with Crippen LogP contribution in [0.1, 0.15) is 19.8 Å². The van der Waals surface area contributed by atoms with Crippen molar-refractivity contribution < 1.29 is 14.6 Å². The number of aliphatic hydroxyl groups excluding tert-OH is 1. The Hall–Kier alpha value is -1.75. The Morgan fingerprint density at radius 3 is 2.68 bits per heavy atom. The van der Waals surface area contributed by atoms with E-state index in [0.717, 1.165) is 6.42 Å². The molecule has 0 radical (unpaired) electrons. The number of aliphatic hydroxyl groups is 1. The SMILES string of the molecule is C=C(/C=C\C(=C)N(C)C(=O)NCCCO)OCCC. The summed E-state index contributed by atoms with van der Waals surface area (Å²) in [6, 6.07) is -0.261. The number of amides is 2. The fourth-order valence-electron chi connectivity index (χ4n) is 1.11. The molecule has 0 unspecified atom stereocenters. The highest BCUT2D eigenvalue weighted by atomic mass is 16.5. The van der Waals surface area contributed by atoms with Crippen molar-refractivity contribution in [2.45, 2.75) is 19.8 Å². The zero-order valence-electron chi connectivity index (χ0n) is 11.8. The quantitative estimate of drug-likeness (QED) is 0.382. The summed E-state index contributed by atoms with van der Waals surface area (Å²) >= 11 is 0.